The van der Waals surface area contributed by atoms with E-state index < -0.39 is 0 Å². The van der Waals surface area contributed by atoms with Crippen LogP contribution in [0.15, 0.2) is 0 Å². The van der Waals surface area contributed by atoms with Gasteiger partial charge in [0, 0.05) is 25.7 Å². The highest BCUT2D eigenvalue weighted by Gasteiger charge is 2.11. The van der Waals surface area contributed by atoms with E-state index in [-0.39, 0.29) is 0 Å². The van der Waals surface area contributed by atoms with Gasteiger partial charge in [0.25, 0.3) is 0 Å². The zero-order valence-corrected chi connectivity index (χ0v) is 12.1. The Morgan fingerprint density at radius 1 is 1.12 bits per heavy atom. The van der Waals surface area contributed by atoms with Crippen molar-refractivity contribution in [2.75, 3.05) is 46.8 Å². The van der Waals surface area contributed by atoms with Gasteiger partial charge in [0.15, 0.2) is 0 Å². The molecule has 1 unspecified atom stereocenters. The molecule has 0 bridgehead atoms. The third-order valence-electron chi connectivity index (χ3n) is 2.79. The molecule has 0 aromatic heterocycles. The van der Waals surface area contributed by atoms with E-state index in [2.05, 4.69) is 56.9 Å². The lowest BCUT2D eigenvalue weighted by Gasteiger charge is -2.30. The molecule has 16 heavy (non-hydrogen) atoms. The van der Waals surface area contributed by atoms with Crippen LogP contribution in [0.1, 0.15) is 27.7 Å². The van der Waals surface area contributed by atoms with Crippen LogP contribution in [0, 0.1) is 5.92 Å². The van der Waals surface area contributed by atoms with Crippen LogP contribution in [0.3, 0.4) is 0 Å². The normalized spacial score (nSPS) is 14.1. The molecule has 0 aromatic carbocycles. The smallest absolute Gasteiger partial charge is 0.0195 e. The van der Waals surface area contributed by atoms with Gasteiger partial charge in [0.05, 0.1) is 0 Å². The van der Waals surface area contributed by atoms with Gasteiger partial charge >= 0.3 is 0 Å². The van der Waals surface area contributed by atoms with Crippen molar-refractivity contribution in [2.24, 2.45) is 5.92 Å². The summed E-state index contributed by atoms with van der Waals surface area (Å²) in [6.07, 6.45) is 0. The summed E-state index contributed by atoms with van der Waals surface area (Å²) in [4.78, 5) is 4.79. The van der Waals surface area contributed by atoms with E-state index in [9.17, 15) is 0 Å². The molecule has 0 rings (SSSR count). The highest BCUT2D eigenvalue weighted by atomic mass is 15.2. The van der Waals surface area contributed by atoms with Crippen molar-refractivity contribution in [3.63, 3.8) is 0 Å². The highest BCUT2D eigenvalue weighted by molar-refractivity contribution is 4.69. The second kappa shape index (κ2) is 8.97. The predicted molar refractivity (Wildman–Crippen MR) is 73.0 cm³/mol. The number of hydrogen-bond acceptors (Lipinski definition) is 3. The zero-order chi connectivity index (χ0) is 12.6. The third kappa shape index (κ3) is 8.08. The molecule has 0 spiro atoms. The van der Waals surface area contributed by atoms with Crippen molar-refractivity contribution in [2.45, 2.75) is 33.7 Å². The first-order valence-electron chi connectivity index (χ1n) is 6.56. The maximum Gasteiger partial charge on any atom is 0.0195 e. The third-order valence-corrected chi connectivity index (χ3v) is 2.79. The maximum absolute atomic E-state index is 3.50. The zero-order valence-electron chi connectivity index (χ0n) is 12.1. The lowest BCUT2D eigenvalue weighted by Crippen LogP contribution is -2.43. The van der Waals surface area contributed by atoms with E-state index in [0.717, 1.165) is 38.6 Å². The van der Waals surface area contributed by atoms with Crippen LogP contribution in [-0.4, -0.2) is 62.7 Å². The number of nitrogens with one attached hydrogen (secondary N) is 1. The molecule has 0 aliphatic carbocycles. The van der Waals surface area contributed by atoms with Gasteiger partial charge in [0.2, 0.25) is 0 Å². The summed E-state index contributed by atoms with van der Waals surface area (Å²) in [5, 5.41) is 3.50. The summed E-state index contributed by atoms with van der Waals surface area (Å²) < 4.78 is 0. The monoisotopic (exact) mass is 229 g/mol. The van der Waals surface area contributed by atoms with Gasteiger partial charge in [-0.3, -0.25) is 4.90 Å². The Morgan fingerprint density at radius 2 is 1.75 bits per heavy atom. The average Bonchev–Trinajstić information content (AvgIpc) is 2.16. The van der Waals surface area contributed by atoms with Crippen molar-refractivity contribution >= 4 is 0 Å². The van der Waals surface area contributed by atoms with Gasteiger partial charge in [-0.25, -0.2) is 0 Å². The van der Waals surface area contributed by atoms with E-state index in [1.807, 2.05) is 0 Å². The van der Waals surface area contributed by atoms with E-state index >= 15 is 0 Å². The fraction of sp³-hybridized carbons (Fsp3) is 1.00. The number of nitrogens with zero attached hydrogens (tertiary/aromatic N) is 2. The molecule has 1 atom stereocenters. The van der Waals surface area contributed by atoms with Crippen molar-refractivity contribution in [3.05, 3.63) is 0 Å². The molecular weight excluding hydrogens is 198 g/mol. The van der Waals surface area contributed by atoms with Crippen molar-refractivity contribution in [1.29, 1.82) is 0 Å². The fourth-order valence-electron chi connectivity index (χ4n) is 1.95. The van der Waals surface area contributed by atoms with Crippen LogP contribution in [-0.2, 0) is 0 Å². The van der Waals surface area contributed by atoms with Crippen LogP contribution in [0.2, 0.25) is 0 Å². The molecule has 0 aliphatic heterocycles. The van der Waals surface area contributed by atoms with Crippen LogP contribution < -0.4 is 5.32 Å². The Balaban J connectivity index is 3.73. The molecule has 0 saturated carbocycles. The summed E-state index contributed by atoms with van der Waals surface area (Å²) in [6.45, 7) is 14.7. The Hall–Kier alpha value is -0.120. The van der Waals surface area contributed by atoms with Gasteiger partial charge in [-0.05, 0) is 40.0 Å². The first-order valence-corrected chi connectivity index (χ1v) is 6.56. The summed E-state index contributed by atoms with van der Waals surface area (Å²) in [6, 6.07) is 0.640. The standard InChI is InChI=1S/C13H31N3/c1-7-16(13(4)11-15(5)6)9-8-14-10-12(2)3/h12-14H,7-11H2,1-6H3. The van der Waals surface area contributed by atoms with Crippen molar-refractivity contribution < 1.29 is 0 Å². The lowest BCUT2D eigenvalue weighted by molar-refractivity contribution is 0.182. The van der Waals surface area contributed by atoms with Crippen LogP contribution in [0.4, 0.5) is 0 Å². The molecular formula is C13H31N3. The minimum atomic E-state index is 0.640. The van der Waals surface area contributed by atoms with E-state index in [1.165, 1.54) is 0 Å². The Kier molecular flexibility index (Phi) is 8.90. The van der Waals surface area contributed by atoms with E-state index in [4.69, 9.17) is 0 Å². The molecule has 0 amide bonds. The second-order valence-electron chi connectivity index (χ2n) is 5.34. The van der Waals surface area contributed by atoms with Crippen molar-refractivity contribution in [1.82, 2.24) is 15.1 Å². The Labute approximate surface area is 102 Å². The number of hydrogen-bond donors (Lipinski definition) is 1. The molecule has 3 heteroatoms. The van der Waals surface area contributed by atoms with Gasteiger partial charge < -0.3 is 10.2 Å². The minimum absolute atomic E-state index is 0.640. The molecule has 3 nitrogen and oxygen atoms in total. The predicted octanol–water partition coefficient (Wildman–Crippen LogP) is 1.50. The van der Waals surface area contributed by atoms with Crippen LogP contribution in [0.5, 0.6) is 0 Å². The Bertz CT molecular complexity index is 157. The summed E-state index contributed by atoms with van der Waals surface area (Å²) in [5.74, 6) is 0.745. The molecule has 0 heterocycles. The molecule has 0 aliphatic rings. The SMILES string of the molecule is CCN(CCNCC(C)C)C(C)CN(C)C. The first kappa shape index (κ1) is 15.9. The molecule has 0 fully saturated rings. The summed E-state index contributed by atoms with van der Waals surface area (Å²) in [5.41, 5.74) is 0. The van der Waals surface area contributed by atoms with Crippen LogP contribution >= 0.6 is 0 Å². The van der Waals surface area contributed by atoms with Gasteiger partial charge in [0.1, 0.15) is 0 Å². The van der Waals surface area contributed by atoms with Gasteiger partial charge in [-0.1, -0.05) is 20.8 Å². The molecule has 0 saturated heterocycles. The van der Waals surface area contributed by atoms with Gasteiger partial charge in [-0.2, -0.15) is 0 Å². The quantitative estimate of drug-likeness (QED) is 0.605. The summed E-state index contributed by atoms with van der Waals surface area (Å²) in [7, 11) is 4.28. The molecule has 98 valence electrons. The first-order chi connectivity index (χ1) is 7.47. The topological polar surface area (TPSA) is 18.5 Å². The number of likely N-dealkylation sites (N-methyl/N-ethyl adjacent to an activating group) is 2. The second-order valence-corrected chi connectivity index (χ2v) is 5.34. The van der Waals surface area contributed by atoms with Gasteiger partial charge in [-0.15, -0.1) is 0 Å². The van der Waals surface area contributed by atoms with E-state index in [1.54, 1.807) is 0 Å². The van der Waals surface area contributed by atoms with Crippen LogP contribution in [0.25, 0.3) is 0 Å². The molecule has 1 N–H and O–H groups in total. The average molecular weight is 229 g/mol. The fourth-order valence-corrected chi connectivity index (χ4v) is 1.95. The Morgan fingerprint density at radius 3 is 2.19 bits per heavy atom. The lowest BCUT2D eigenvalue weighted by atomic mass is 10.2. The molecule has 0 radical (unpaired) electrons. The highest BCUT2D eigenvalue weighted by Crippen LogP contribution is 1.99. The summed E-state index contributed by atoms with van der Waals surface area (Å²) >= 11 is 0. The van der Waals surface area contributed by atoms with E-state index in [0.29, 0.717) is 6.04 Å². The maximum atomic E-state index is 3.50. The largest absolute Gasteiger partial charge is 0.315 e. The number of rotatable bonds is 9. The molecule has 0 aromatic rings. The van der Waals surface area contributed by atoms with Crippen molar-refractivity contribution in [3.8, 4) is 0 Å². The minimum Gasteiger partial charge on any atom is -0.315 e.